The molecule has 1 saturated heterocycles. The van der Waals surface area contributed by atoms with E-state index in [1.165, 1.54) is 32.1 Å². The van der Waals surface area contributed by atoms with Gasteiger partial charge >= 0.3 is 0 Å². The smallest absolute Gasteiger partial charge is 0.0212 e. The maximum atomic E-state index is 2.51. The van der Waals surface area contributed by atoms with Crippen molar-refractivity contribution in [3.8, 4) is 0 Å². The molecule has 0 aromatic rings. The number of rotatable bonds is 5. The standard InChI is InChI=1S/C11H23P/c1-3-4-5-6-8-11-9-7-10-12(11)2/h11H,3-10H2,1-2H3. The molecule has 72 valence electrons. The van der Waals surface area contributed by atoms with E-state index in [1.54, 1.807) is 19.0 Å². The SMILES string of the molecule is CCCCCCC1CCCP1C. The number of unbranched alkanes of at least 4 members (excludes halogenated alkanes) is 3. The third kappa shape index (κ3) is 3.44. The first-order valence-electron chi connectivity index (χ1n) is 5.55. The zero-order valence-corrected chi connectivity index (χ0v) is 9.58. The summed E-state index contributed by atoms with van der Waals surface area (Å²) in [6.07, 6.45) is 12.0. The highest BCUT2D eigenvalue weighted by atomic mass is 31.1. The van der Waals surface area contributed by atoms with Gasteiger partial charge in [-0.3, -0.25) is 0 Å². The van der Waals surface area contributed by atoms with Crippen LogP contribution in [-0.4, -0.2) is 18.5 Å². The zero-order chi connectivity index (χ0) is 8.81. The fraction of sp³-hybridized carbons (Fsp3) is 1.00. The molecule has 0 aliphatic carbocycles. The quantitative estimate of drug-likeness (QED) is 0.445. The third-order valence-electron chi connectivity index (χ3n) is 3.06. The first-order valence-corrected chi connectivity index (χ1v) is 7.59. The van der Waals surface area contributed by atoms with Crippen LogP contribution in [0.15, 0.2) is 0 Å². The molecule has 0 N–H and O–H groups in total. The van der Waals surface area contributed by atoms with Crippen molar-refractivity contribution in [2.24, 2.45) is 0 Å². The third-order valence-corrected chi connectivity index (χ3v) is 5.85. The van der Waals surface area contributed by atoms with Gasteiger partial charge in [0.05, 0.1) is 0 Å². The van der Waals surface area contributed by atoms with Crippen LogP contribution in [0.4, 0.5) is 0 Å². The summed E-state index contributed by atoms with van der Waals surface area (Å²) in [5.41, 5.74) is 1.15. The molecule has 1 heteroatoms. The molecule has 0 aromatic carbocycles. The number of hydrogen-bond donors (Lipinski definition) is 0. The van der Waals surface area contributed by atoms with Gasteiger partial charge in [0, 0.05) is 0 Å². The minimum absolute atomic E-state index is 0.451. The molecule has 0 spiro atoms. The van der Waals surface area contributed by atoms with Gasteiger partial charge in [0.1, 0.15) is 0 Å². The Morgan fingerprint density at radius 2 is 2.08 bits per heavy atom. The van der Waals surface area contributed by atoms with Crippen molar-refractivity contribution in [1.29, 1.82) is 0 Å². The van der Waals surface area contributed by atoms with Crippen LogP contribution in [-0.2, 0) is 0 Å². The van der Waals surface area contributed by atoms with Gasteiger partial charge in [-0.15, -0.1) is 7.92 Å². The van der Waals surface area contributed by atoms with Crippen molar-refractivity contribution in [3.05, 3.63) is 0 Å². The van der Waals surface area contributed by atoms with Gasteiger partial charge in [0.15, 0.2) is 0 Å². The Hall–Kier alpha value is 0.430. The van der Waals surface area contributed by atoms with E-state index >= 15 is 0 Å². The zero-order valence-electron chi connectivity index (χ0n) is 8.68. The summed E-state index contributed by atoms with van der Waals surface area (Å²) < 4.78 is 0. The van der Waals surface area contributed by atoms with E-state index in [-0.39, 0.29) is 0 Å². The van der Waals surface area contributed by atoms with Crippen LogP contribution in [0.2, 0.25) is 0 Å². The molecule has 2 atom stereocenters. The van der Waals surface area contributed by atoms with Gasteiger partial charge in [0.25, 0.3) is 0 Å². The highest BCUT2D eigenvalue weighted by molar-refractivity contribution is 7.57. The Morgan fingerprint density at radius 3 is 2.67 bits per heavy atom. The first kappa shape index (κ1) is 10.5. The van der Waals surface area contributed by atoms with Gasteiger partial charge in [-0.2, -0.15) is 0 Å². The fourth-order valence-corrected chi connectivity index (χ4v) is 4.44. The van der Waals surface area contributed by atoms with Gasteiger partial charge < -0.3 is 0 Å². The summed E-state index contributed by atoms with van der Waals surface area (Å²) in [7, 11) is 0.451. The van der Waals surface area contributed by atoms with Crippen molar-refractivity contribution < 1.29 is 0 Å². The molecule has 1 fully saturated rings. The topological polar surface area (TPSA) is 0 Å². The Labute approximate surface area is 78.9 Å². The van der Waals surface area contributed by atoms with E-state index in [4.69, 9.17) is 0 Å². The molecule has 1 aliphatic heterocycles. The lowest BCUT2D eigenvalue weighted by Gasteiger charge is -2.14. The van der Waals surface area contributed by atoms with E-state index in [0.717, 1.165) is 5.66 Å². The second-order valence-corrected chi connectivity index (χ2v) is 6.82. The van der Waals surface area contributed by atoms with Crippen LogP contribution in [0.3, 0.4) is 0 Å². The van der Waals surface area contributed by atoms with E-state index in [9.17, 15) is 0 Å². The highest BCUT2D eigenvalue weighted by Gasteiger charge is 2.21. The van der Waals surface area contributed by atoms with Gasteiger partial charge in [-0.25, -0.2) is 0 Å². The highest BCUT2D eigenvalue weighted by Crippen LogP contribution is 2.48. The van der Waals surface area contributed by atoms with E-state index in [0.29, 0.717) is 7.92 Å². The van der Waals surface area contributed by atoms with Crippen LogP contribution < -0.4 is 0 Å². The van der Waals surface area contributed by atoms with Crippen molar-refractivity contribution in [1.82, 2.24) is 0 Å². The van der Waals surface area contributed by atoms with Gasteiger partial charge in [-0.05, 0) is 37.7 Å². The molecule has 0 amide bonds. The van der Waals surface area contributed by atoms with Crippen molar-refractivity contribution >= 4 is 7.92 Å². The van der Waals surface area contributed by atoms with Gasteiger partial charge in [0.2, 0.25) is 0 Å². The normalized spacial score (nSPS) is 29.5. The lowest BCUT2D eigenvalue weighted by molar-refractivity contribution is 0.605. The molecule has 0 aromatic heterocycles. The molecule has 2 unspecified atom stereocenters. The van der Waals surface area contributed by atoms with Crippen LogP contribution in [0, 0.1) is 0 Å². The maximum absolute atomic E-state index is 2.51. The second kappa shape index (κ2) is 5.97. The summed E-state index contributed by atoms with van der Waals surface area (Å²) in [6, 6.07) is 0. The molecule has 0 nitrogen and oxygen atoms in total. The Kier molecular flexibility index (Phi) is 5.23. The summed E-state index contributed by atoms with van der Waals surface area (Å²) in [6.45, 7) is 4.80. The predicted octanol–water partition coefficient (Wildman–Crippen LogP) is 4.23. The Bertz CT molecular complexity index is 112. The molecule has 0 bridgehead atoms. The summed E-state index contributed by atoms with van der Waals surface area (Å²) in [4.78, 5) is 0. The van der Waals surface area contributed by atoms with Crippen LogP contribution in [0.1, 0.15) is 51.9 Å². The largest absolute Gasteiger partial charge is 0.107 e. The molecule has 1 rings (SSSR count). The van der Waals surface area contributed by atoms with E-state index in [1.807, 2.05) is 0 Å². The molecular formula is C11H23P. The molecule has 0 saturated carbocycles. The summed E-state index contributed by atoms with van der Waals surface area (Å²) in [5.74, 6) is 0. The Balaban J connectivity index is 1.98. The van der Waals surface area contributed by atoms with Gasteiger partial charge in [-0.1, -0.05) is 32.6 Å². The van der Waals surface area contributed by atoms with Crippen molar-refractivity contribution in [2.75, 3.05) is 12.8 Å². The molecular weight excluding hydrogens is 163 g/mol. The fourth-order valence-electron chi connectivity index (χ4n) is 2.15. The van der Waals surface area contributed by atoms with Crippen molar-refractivity contribution in [3.63, 3.8) is 0 Å². The molecule has 0 radical (unpaired) electrons. The minimum atomic E-state index is 0.451. The molecule has 1 aliphatic rings. The first-order chi connectivity index (χ1) is 5.84. The number of hydrogen-bond acceptors (Lipinski definition) is 0. The van der Waals surface area contributed by atoms with Crippen molar-refractivity contribution in [2.45, 2.75) is 57.5 Å². The summed E-state index contributed by atoms with van der Waals surface area (Å²) in [5, 5.41) is 0. The van der Waals surface area contributed by atoms with Crippen LogP contribution >= 0.6 is 7.92 Å². The van der Waals surface area contributed by atoms with E-state index < -0.39 is 0 Å². The monoisotopic (exact) mass is 186 g/mol. The second-order valence-electron chi connectivity index (χ2n) is 4.13. The van der Waals surface area contributed by atoms with Crippen LogP contribution in [0.25, 0.3) is 0 Å². The molecule has 1 heterocycles. The minimum Gasteiger partial charge on any atom is -0.107 e. The lowest BCUT2D eigenvalue weighted by atomic mass is 10.1. The Morgan fingerprint density at radius 1 is 1.25 bits per heavy atom. The molecule has 12 heavy (non-hydrogen) atoms. The lowest BCUT2D eigenvalue weighted by Crippen LogP contribution is -1.98. The average Bonchev–Trinajstić information content (AvgIpc) is 2.46. The maximum Gasteiger partial charge on any atom is -0.0212 e. The summed E-state index contributed by atoms with van der Waals surface area (Å²) >= 11 is 0. The van der Waals surface area contributed by atoms with E-state index in [2.05, 4.69) is 13.6 Å². The predicted molar refractivity (Wildman–Crippen MR) is 59.5 cm³/mol. The van der Waals surface area contributed by atoms with Crippen LogP contribution in [0.5, 0.6) is 0 Å². The average molecular weight is 186 g/mol.